The minimum atomic E-state index is -1.17. The molecule has 4 unspecified atom stereocenters. The fraction of sp³-hybridized carbons (Fsp3) is 0.625. The van der Waals surface area contributed by atoms with Crippen molar-refractivity contribution < 1.29 is 48.6 Å². The maximum atomic E-state index is 13.0. The molecule has 6 rings (SSSR count). The van der Waals surface area contributed by atoms with Crippen molar-refractivity contribution in [2.75, 3.05) is 13.1 Å². The van der Waals surface area contributed by atoms with Gasteiger partial charge >= 0.3 is 5.97 Å². The van der Waals surface area contributed by atoms with E-state index < -0.39 is 42.6 Å². The molecule has 0 saturated carbocycles. The lowest BCUT2D eigenvalue weighted by Crippen LogP contribution is -2.50. The first kappa shape index (κ1) is 47.6. The van der Waals surface area contributed by atoms with Gasteiger partial charge in [-0.15, -0.1) is 0 Å². The van der Waals surface area contributed by atoms with Gasteiger partial charge in [0.15, 0.2) is 6.10 Å². The van der Waals surface area contributed by atoms with Crippen LogP contribution >= 0.6 is 0 Å². The molecule has 3 fully saturated rings. The maximum Gasteiger partial charge on any atom is 0.331 e. The first-order valence-electron chi connectivity index (χ1n) is 22.2. The number of fused-ring (bicyclic) bond motifs is 13. The number of rotatable bonds is 9. The summed E-state index contributed by atoms with van der Waals surface area (Å²) in [7, 11) is 0. The second-order valence-corrected chi connectivity index (χ2v) is 16.9. The van der Waals surface area contributed by atoms with Gasteiger partial charge in [0, 0.05) is 50.8 Å². The van der Waals surface area contributed by atoms with Gasteiger partial charge in [-0.25, -0.2) is 4.79 Å². The molecule has 60 heavy (non-hydrogen) atoms. The molecule has 0 aromatic carbocycles. The minimum Gasteiger partial charge on any atom is -0.452 e. The van der Waals surface area contributed by atoms with E-state index in [9.17, 15) is 24.9 Å². The van der Waals surface area contributed by atoms with Crippen molar-refractivity contribution in [2.45, 2.75) is 165 Å². The Morgan fingerprint density at radius 1 is 0.833 bits per heavy atom. The van der Waals surface area contributed by atoms with Crippen molar-refractivity contribution in [1.29, 1.82) is 0 Å². The summed E-state index contributed by atoms with van der Waals surface area (Å²) in [5.74, 6) is -0.349. The topological polar surface area (TPSA) is 179 Å². The van der Waals surface area contributed by atoms with Gasteiger partial charge in [-0.3, -0.25) is 4.79 Å². The highest BCUT2D eigenvalue weighted by atomic mass is 16.6. The molecule has 0 spiro atoms. The summed E-state index contributed by atoms with van der Waals surface area (Å²) < 4.78 is 31.4. The Balaban J connectivity index is 1.25. The standard InChI is InChI=1S/C48H70N2O10/c1-32(16-13-14-22-45(53)50-27-26-49)28-33(2)48-42-25-24-35(58-48)17-9-5-4-6-10-19-38(51)47(55)44-31-39(52)34(3)40(59-44)21-15-18-36-29-37-30-43(56-36)41(57-37)20-11-7-8-12-23-46(54)60-42/h5,7-12,15,18-20,23-25,28,32,34-44,47-48,51-52,55H,4,6,13-14,16-17,21-22,26-27,29-31,49H2,1-3H3,(H,50,53)/b8-7-,9-5+,18-15+,19-10+,20-11+,23-12-,33-28+/t32-,34-,35?,36+,37?,38+,39+,40-,41-,42?,43+,44-,47+,48?/m1/s1. The Hall–Kier alpha value is -3.46. The van der Waals surface area contributed by atoms with Gasteiger partial charge in [0.1, 0.15) is 24.4 Å². The second-order valence-electron chi connectivity index (χ2n) is 16.9. The van der Waals surface area contributed by atoms with E-state index >= 15 is 0 Å². The van der Waals surface area contributed by atoms with Crippen molar-refractivity contribution in [3.63, 3.8) is 0 Å². The molecule has 6 aliphatic rings. The number of unbranched alkanes of at least 4 members (excludes halogenated alkanes) is 1. The van der Waals surface area contributed by atoms with Gasteiger partial charge in [-0.2, -0.15) is 0 Å². The lowest BCUT2D eigenvalue weighted by atomic mass is 9.86. The normalized spacial score (nSPS) is 39.4. The number of aliphatic hydroxyl groups excluding tert-OH is 3. The molecule has 14 atom stereocenters. The number of allylic oxidation sites excluding steroid dienone is 7. The van der Waals surface area contributed by atoms with E-state index in [0.29, 0.717) is 38.8 Å². The highest BCUT2D eigenvalue weighted by Crippen LogP contribution is 2.35. The largest absolute Gasteiger partial charge is 0.452 e. The van der Waals surface area contributed by atoms with E-state index in [-0.39, 0.29) is 60.8 Å². The number of hydrogen-bond donors (Lipinski definition) is 5. The molecule has 332 valence electrons. The zero-order valence-corrected chi connectivity index (χ0v) is 35.7. The molecule has 0 aromatic heterocycles. The first-order chi connectivity index (χ1) is 29.0. The molecule has 6 N–H and O–H groups in total. The Bertz CT molecular complexity index is 1600. The number of carbonyl (C=O) groups is 2. The van der Waals surface area contributed by atoms with Crippen molar-refractivity contribution >= 4 is 11.9 Å². The molecule has 12 heteroatoms. The van der Waals surface area contributed by atoms with Gasteiger partial charge < -0.3 is 50.1 Å². The summed E-state index contributed by atoms with van der Waals surface area (Å²) in [6.07, 6.45) is 30.1. The first-order valence-corrected chi connectivity index (χ1v) is 22.2. The summed E-state index contributed by atoms with van der Waals surface area (Å²) in [6, 6.07) is 0. The van der Waals surface area contributed by atoms with Crippen LogP contribution in [0.5, 0.6) is 0 Å². The average molecular weight is 835 g/mol. The number of nitrogens with two attached hydrogens (primary N) is 1. The summed E-state index contributed by atoms with van der Waals surface area (Å²) >= 11 is 0. The third kappa shape index (κ3) is 15.2. The predicted octanol–water partition coefficient (Wildman–Crippen LogP) is 5.54. The van der Waals surface area contributed by atoms with Crippen LogP contribution in [0.4, 0.5) is 0 Å². The summed E-state index contributed by atoms with van der Waals surface area (Å²) in [4.78, 5) is 25.0. The quantitative estimate of drug-likeness (QED) is 0.112. The molecule has 6 heterocycles. The van der Waals surface area contributed by atoms with Crippen LogP contribution in [0, 0.1) is 11.8 Å². The number of ether oxygens (including phenoxy) is 5. The number of amides is 1. The molecule has 0 aliphatic carbocycles. The molecule has 6 aliphatic heterocycles. The van der Waals surface area contributed by atoms with Gasteiger partial charge in [-0.1, -0.05) is 99.3 Å². The summed E-state index contributed by atoms with van der Waals surface area (Å²) in [5.41, 5.74) is 6.46. The molecule has 0 radical (unpaired) electrons. The van der Waals surface area contributed by atoms with E-state index in [0.717, 1.165) is 44.1 Å². The molecule has 0 aromatic rings. The SMILES string of the molecule is C/C(=C\[C@H](C)CCCCC(=O)NCCN)C1OC2C=CC1OC(=O)\C=C/C=C\C=C\[C@H]1OC3C[C@@H]1O[C@@H](/C=C/C[C@H]1O[C@H](C[C@H](O)[C@H]1C)[C@@H](O)[C@@H](O)/C=C/CC/C=C/C2)C3. The second kappa shape index (κ2) is 24.8. The molecular formula is C48H70N2O10. The average Bonchev–Trinajstić information content (AvgIpc) is 3.52. The fourth-order valence-electron chi connectivity index (χ4n) is 8.48. The van der Waals surface area contributed by atoms with Crippen LogP contribution in [0.15, 0.2) is 96.7 Å². The molecule has 12 nitrogen and oxygen atoms in total. The Morgan fingerprint density at radius 3 is 2.48 bits per heavy atom. The van der Waals surface area contributed by atoms with Crippen molar-refractivity contribution in [2.24, 2.45) is 17.6 Å². The lowest BCUT2D eigenvalue weighted by molar-refractivity contribution is -0.175. The van der Waals surface area contributed by atoms with E-state index in [4.69, 9.17) is 29.4 Å². The Labute approximate surface area is 357 Å². The Kier molecular flexibility index (Phi) is 19.7. The number of carbonyl (C=O) groups excluding carboxylic acids is 2. The van der Waals surface area contributed by atoms with Crippen LogP contribution in [-0.2, 0) is 33.3 Å². The van der Waals surface area contributed by atoms with Crippen molar-refractivity contribution in [1.82, 2.24) is 5.32 Å². The predicted molar refractivity (Wildman–Crippen MR) is 231 cm³/mol. The van der Waals surface area contributed by atoms with Gasteiger partial charge in [0.25, 0.3) is 0 Å². The zero-order valence-electron chi connectivity index (χ0n) is 35.7. The number of aliphatic hydroxyl groups is 3. The molecule has 3 saturated heterocycles. The summed E-state index contributed by atoms with van der Waals surface area (Å²) in [6.45, 7) is 7.02. The van der Waals surface area contributed by atoms with Crippen LogP contribution in [0.1, 0.15) is 91.4 Å². The number of hydrogen-bond acceptors (Lipinski definition) is 11. The Morgan fingerprint density at radius 2 is 1.65 bits per heavy atom. The summed E-state index contributed by atoms with van der Waals surface area (Å²) in [5, 5.41) is 35.5. The monoisotopic (exact) mass is 835 g/mol. The third-order valence-corrected chi connectivity index (χ3v) is 11.9. The van der Waals surface area contributed by atoms with Gasteiger partial charge in [-0.05, 0) is 63.0 Å². The van der Waals surface area contributed by atoms with E-state index in [1.807, 2.05) is 62.5 Å². The highest BCUT2D eigenvalue weighted by molar-refractivity contribution is 5.82. The molecule has 7 bridgehead atoms. The highest BCUT2D eigenvalue weighted by Gasteiger charge is 2.42. The molecular weight excluding hydrogens is 765 g/mol. The van der Waals surface area contributed by atoms with Gasteiger partial charge in [0.05, 0.1) is 42.7 Å². The van der Waals surface area contributed by atoms with Crippen LogP contribution in [-0.4, -0.2) is 114 Å². The maximum absolute atomic E-state index is 13.0. The van der Waals surface area contributed by atoms with E-state index in [1.54, 1.807) is 18.2 Å². The van der Waals surface area contributed by atoms with Crippen LogP contribution < -0.4 is 11.1 Å². The fourth-order valence-corrected chi connectivity index (χ4v) is 8.48. The molecule has 1 amide bonds. The van der Waals surface area contributed by atoms with Gasteiger partial charge in [0.2, 0.25) is 5.91 Å². The third-order valence-electron chi connectivity index (χ3n) is 11.9. The van der Waals surface area contributed by atoms with Crippen LogP contribution in [0.2, 0.25) is 0 Å². The number of esters is 1. The number of nitrogens with one attached hydrogen (secondary N) is 1. The van der Waals surface area contributed by atoms with E-state index in [2.05, 4.69) is 30.5 Å². The van der Waals surface area contributed by atoms with Crippen LogP contribution in [0.25, 0.3) is 0 Å². The van der Waals surface area contributed by atoms with Crippen molar-refractivity contribution in [3.05, 3.63) is 96.7 Å². The minimum absolute atomic E-state index is 0.0240. The smallest absolute Gasteiger partial charge is 0.331 e. The zero-order chi connectivity index (χ0) is 42.9. The van der Waals surface area contributed by atoms with Crippen molar-refractivity contribution in [3.8, 4) is 0 Å². The lowest BCUT2D eigenvalue weighted by Gasteiger charge is -2.40. The van der Waals surface area contributed by atoms with E-state index in [1.165, 1.54) is 6.08 Å². The van der Waals surface area contributed by atoms with Crippen LogP contribution in [0.3, 0.4) is 0 Å².